The minimum absolute atomic E-state index is 1.12. The standard InChI is InChI=1S/C11H13N/c1-2-9-5-6-11-10(8-9)4-3-7-12-11/h3-4,7-8H,2,5-6H2,1H3. The Morgan fingerprint density at radius 1 is 1.42 bits per heavy atom. The topological polar surface area (TPSA) is 12.9 Å². The monoisotopic (exact) mass is 159 g/mol. The predicted molar refractivity (Wildman–Crippen MR) is 50.8 cm³/mol. The molecule has 0 aliphatic heterocycles. The fourth-order valence-electron chi connectivity index (χ4n) is 1.64. The van der Waals surface area contributed by atoms with Crippen molar-refractivity contribution in [2.75, 3.05) is 0 Å². The Morgan fingerprint density at radius 3 is 3.17 bits per heavy atom. The molecule has 1 aromatic rings. The first kappa shape index (κ1) is 7.53. The summed E-state index contributed by atoms with van der Waals surface area (Å²) in [4.78, 5) is 4.34. The first-order valence-electron chi connectivity index (χ1n) is 4.53. The number of nitrogens with zero attached hydrogens (tertiary/aromatic N) is 1. The van der Waals surface area contributed by atoms with Gasteiger partial charge in [-0.05, 0) is 30.9 Å². The zero-order valence-electron chi connectivity index (χ0n) is 7.38. The maximum Gasteiger partial charge on any atom is 0.0479 e. The van der Waals surface area contributed by atoms with Crippen LogP contribution in [0.25, 0.3) is 6.08 Å². The van der Waals surface area contributed by atoms with Crippen molar-refractivity contribution in [2.24, 2.45) is 0 Å². The van der Waals surface area contributed by atoms with Gasteiger partial charge in [-0.2, -0.15) is 0 Å². The van der Waals surface area contributed by atoms with Crippen molar-refractivity contribution in [2.45, 2.75) is 26.2 Å². The third-order valence-corrected chi connectivity index (χ3v) is 2.42. The van der Waals surface area contributed by atoms with Gasteiger partial charge in [0.2, 0.25) is 0 Å². The van der Waals surface area contributed by atoms with Gasteiger partial charge in [0.05, 0.1) is 0 Å². The molecule has 0 radical (unpaired) electrons. The van der Waals surface area contributed by atoms with Crippen molar-refractivity contribution in [3.05, 3.63) is 35.2 Å². The Labute approximate surface area is 73.1 Å². The molecule has 2 rings (SSSR count). The summed E-state index contributed by atoms with van der Waals surface area (Å²) >= 11 is 0. The molecule has 1 heteroatoms. The summed E-state index contributed by atoms with van der Waals surface area (Å²) in [6, 6.07) is 4.16. The van der Waals surface area contributed by atoms with Crippen LogP contribution in [0.2, 0.25) is 0 Å². The minimum Gasteiger partial charge on any atom is -0.261 e. The summed E-state index contributed by atoms with van der Waals surface area (Å²) in [5.41, 5.74) is 4.13. The molecule has 0 N–H and O–H groups in total. The lowest BCUT2D eigenvalue weighted by molar-refractivity contribution is 0.846. The molecule has 1 aliphatic rings. The number of fused-ring (bicyclic) bond motifs is 1. The van der Waals surface area contributed by atoms with Gasteiger partial charge in [-0.1, -0.05) is 24.6 Å². The van der Waals surface area contributed by atoms with Crippen LogP contribution in [0, 0.1) is 0 Å². The maximum atomic E-state index is 4.34. The summed E-state index contributed by atoms with van der Waals surface area (Å²) in [5.74, 6) is 0. The van der Waals surface area contributed by atoms with E-state index in [0.717, 1.165) is 6.42 Å². The highest BCUT2D eigenvalue weighted by Crippen LogP contribution is 2.23. The molecule has 0 bridgehead atoms. The third-order valence-electron chi connectivity index (χ3n) is 2.42. The normalized spacial score (nSPS) is 15.2. The fourth-order valence-corrected chi connectivity index (χ4v) is 1.64. The zero-order valence-corrected chi connectivity index (χ0v) is 7.38. The first-order valence-corrected chi connectivity index (χ1v) is 4.53. The van der Waals surface area contributed by atoms with Crippen LogP contribution < -0.4 is 0 Å². The molecule has 0 amide bonds. The molecule has 12 heavy (non-hydrogen) atoms. The van der Waals surface area contributed by atoms with Gasteiger partial charge in [-0.15, -0.1) is 0 Å². The smallest absolute Gasteiger partial charge is 0.0479 e. The van der Waals surface area contributed by atoms with E-state index in [1.807, 2.05) is 12.3 Å². The average molecular weight is 159 g/mol. The van der Waals surface area contributed by atoms with Gasteiger partial charge in [-0.25, -0.2) is 0 Å². The lowest BCUT2D eigenvalue weighted by Crippen LogP contribution is -2.00. The van der Waals surface area contributed by atoms with Crippen LogP contribution in [0.5, 0.6) is 0 Å². The van der Waals surface area contributed by atoms with E-state index in [1.54, 1.807) is 5.57 Å². The molecular weight excluding hydrogens is 146 g/mol. The molecule has 1 aromatic heterocycles. The number of allylic oxidation sites excluding steroid dienone is 1. The number of aryl methyl sites for hydroxylation is 1. The van der Waals surface area contributed by atoms with Gasteiger partial charge in [0.1, 0.15) is 0 Å². The summed E-state index contributed by atoms with van der Waals surface area (Å²) in [7, 11) is 0. The van der Waals surface area contributed by atoms with Crippen LogP contribution in [0.1, 0.15) is 31.0 Å². The molecule has 0 atom stereocenters. The van der Waals surface area contributed by atoms with Crippen molar-refractivity contribution in [1.29, 1.82) is 0 Å². The van der Waals surface area contributed by atoms with E-state index in [4.69, 9.17) is 0 Å². The second-order valence-corrected chi connectivity index (χ2v) is 3.20. The van der Waals surface area contributed by atoms with Gasteiger partial charge >= 0.3 is 0 Å². The number of rotatable bonds is 1. The highest BCUT2D eigenvalue weighted by molar-refractivity contribution is 5.57. The van der Waals surface area contributed by atoms with Crippen LogP contribution in [0.4, 0.5) is 0 Å². The van der Waals surface area contributed by atoms with E-state index in [-0.39, 0.29) is 0 Å². The van der Waals surface area contributed by atoms with Gasteiger partial charge in [0, 0.05) is 11.9 Å². The van der Waals surface area contributed by atoms with E-state index in [2.05, 4.69) is 24.1 Å². The predicted octanol–water partition coefficient (Wildman–Crippen LogP) is 2.82. The highest BCUT2D eigenvalue weighted by atomic mass is 14.7. The van der Waals surface area contributed by atoms with Gasteiger partial charge in [-0.3, -0.25) is 4.98 Å². The summed E-state index contributed by atoms with van der Waals surface area (Å²) in [6.45, 7) is 2.22. The summed E-state index contributed by atoms with van der Waals surface area (Å²) < 4.78 is 0. The van der Waals surface area contributed by atoms with E-state index < -0.39 is 0 Å². The molecule has 1 heterocycles. The molecule has 0 fully saturated rings. The van der Waals surface area contributed by atoms with Crippen LogP contribution >= 0.6 is 0 Å². The van der Waals surface area contributed by atoms with Crippen molar-refractivity contribution in [3.63, 3.8) is 0 Å². The van der Waals surface area contributed by atoms with Gasteiger partial charge < -0.3 is 0 Å². The summed E-state index contributed by atoms with van der Waals surface area (Å²) in [6.07, 6.45) is 7.65. The molecule has 0 saturated carbocycles. The third kappa shape index (κ3) is 1.27. The molecule has 0 spiro atoms. The van der Waals surface area contributed by atoms with Gasteiger partial charge in [0.25, 0.3) is 0 Å². The quantitative estimate of drug-likeness (QED) is 0.614. The number of hydrogen-bond acceptors (Lipinski definition) is 1. The van der Waals surface area contributed by atoms with Crippen LogP contribution in [-0.4, -0.2) is 4.98 Å². The first-order chi connectivity index (χ1) is 5.90. The lowest BCUT2D eigenvalue weighted by Gasteiger charge is -2.13. The zero-order chi connectivity index (χ0) is 8.39. The molecule has 1 nitrogen and oxygen atoms in total. The maximum absolute atomic E-state index is 4.34. The average Bonchev–Trinajstić information content (AvgIpc) is 2.17. The highest BCUT2D eigenvalue weighted by Gasteiger charge is 2.08. The second-order valence-electron chi connectivity index (χ2n) is 3.20. The van der Waals surface area contributed by atoms with E-state index in [0.29, 0.717) is 0 Å². The molecule has 0 saturated heterocycles. The molecule has 1 aliphatic carbocycles. The SMILES string of the molecule is CCC1=Cc2cccnc2CC1. The van der Waals surface area contributed by atoms with Crippen molar-refractivity contribution < 1.29 is 0 Å². The number of aromatic nitrogens is 1. The Kier molecular flexibility index (Phi) is 1.94. The van der Waals surface area contributed by atoms with Crippen LogP contribution in [0.3, 0.4) is 0 Å². The van der Waals surface area contributed by atoms with Gasteiger partial charge in [0.15, 0.2) is 0 Å². The fraction of sp³-hybridized carbons (Fsp3) is 0.364. The molecule has 0 aromatic carbocycles. The lowest BCUT2D eigenvalue weighted by atomic mass is 9.95. The van der Waals surface area contributed by atoms with E-state index in [9.17, 15) is 0 Å². The Bertz CT molecular complexity index is 313. The molecule has 0 unspecified atom stereocenters. The molecule has 62 valence electrons. The largest absolute Gasteiger partial charge is 0.261 e. The minimum atomic E-state index is 1.12. The summed E-state index contributed by atoms with van der Waals surface area (Å²) in [5, 5.41) is 0. The Hall–Kier alpha value is -1.11. The number of hydrogen-bond donors (Lipinski definition) is 0. The van der Waals surface area contributed by atoms with Crippen molar-refractivity contribution in [3.8, 4) is 0 Å². The van der Waals surface area contributed by atoms with E-state index in [1.165, 1.54) is 24.1 Å². The van der Waals surface area contributed by atoms with Crippen LogP contribution in [-0.2, 0) is 6.42 Å². The Balaban J connectivity index is 2.41. The van der Waals surface area contributed by atoms with Crippen molar-refractivity contribution >= 4 is 6.08 Å². The molecular formula is C11H13N. The van der Waals surface area contributed by atoms with Crippen molar-refractivity contribution in [1.82, 2.24) is 4.98 Å². The van der Waals surface area contributed by atoms with E-state index >= 15 is 0 Å². The number of pyridine rings is 1. The second kappa shape index (κ2) is 3.10. The van der Waals surface area contributed by atoms with Crippen LogP contribution in [0.15, 0.2) is 23.9 Å². The Morgan fingerprint density at radius 2 is 2.33 bits per heavy atom.